The minimum absolute atomic E-state index is 0.118. The van der Waals surface area contributed by atoms with Crippen molar-refractivity contribution in [3.05, 3.63) is 93.4 Å². The monoisotopic (exact) mass is 460 g/mol. The number of aromatic nitrogens is 3. The van der Waals surface area contributed by atoms with E-state index in [0.717, 1.165) is 22.4 Å². The Morgan fingerprint density at radius 1 is 0.970 bits per heavy atom. The second kappa shape index (κ2) is 7.74. The van der Waals surface area contributed by atoms with Gasteiger partial charge in [0.05, 0.1) is 16.3 Å². The highest BCUT2D eigenvalue weighted by molar-refractivity contribution is 7.92. The van der Waals surface area contributed by atoms with E-state index < -0.39 is 10.0 Å². The summed E-state index contributed by atoms with van der Waals surface area (Å²) >= 11 is 0. The summed E-state index contributed by atoms with van der Waals surface area (Å²) in [5.74, 6) is 0.310. The summed E-state index contributed by atoms with van der Waals surface area (Å²) in [7, 11) is -3.85. The van der Waals surface area contributed by atoms with Gasteiger partial charge in [0, 0.05) is 23.9 Å². The first-order chi connectivity index (χ1) is 15.8. The fourth-order valence-electron chi connectivity index (χ4n) is 4.15. The highest BCUT2D eigenvalue weighted by atomic mass is 32.2. The molecule has 1 aliphatic rings. The van der Waals surface area contributed by atoms with E-state index in [1.54, 1.807) is 42.6 Å². The van der Waals surface area contributed by atoms with Gasteiger partial charge in [-0.3, -0.25) is 9.89 Å². The van der Waals surface area contributed by atoms with Gasteiger partial charge in [-0.25, -0.2) is 22.4 Å². The van der Waals surface area contributed by atoms with E-state index in [1.807, 2.05) is 39.0 Å². The van der Waals surface area contributed by atoms with Crippen molar-refractivity contribution < 1.29 is 8.42 Å². The van der Waals surface area contributed by atoms with Crippen molar-refractivity contribution in [2.75, 3.05) is 10.8 Å². The fourth-order valence-corrected chi connectivity index (χ4v) is 5.59. The van der Waals surface area contributed by atoms with Gasteiger partial charge in [0.2, 0.25) is 0 Å². The molecule has 0 saturated heterocycles. The molecule has 0 amide bonds. The van der Waals surface area contributed by atoms with Gasteiger partial charge in [-0.1, -0.05) is 23.8 Å². The molecule has 8 heteroatoms. The molecule has 0 aliphatic carbocycles. The van der Waals surface area contributed by atoms with Gasteiger partial charge in [0.25, 0.3) is 15.6 Å². The van der Waals surface area contributed by atoms with Crippen LogP contribution in [0.5, 0.6) is 0 Å². The molecule has 0 atom stereocenters. The third kappa shape index (κ3) is 3.47. The zero-order valence-corrected chi connectivity index (χ0v) is 19.5. The van der Waals surface area contributed by atoms with Crippen LogP contribution in [0.1, 0.15) is 22.3 Å². The smallest absolute Gasteiger partial charge is 0.275 e. The number of nitrogens with zero attached hydrogens (tertiary/aromatic N) is 3. The van der Waals surface area contributed by atoms with Gasteiger partial charge in [-0.05, 0) is 74.7 Å². The molecule has 2 aromatic heterocycles. The molecule has 0 unspecified atom stereocenters. The van der Waals surface area contributed by atoms with Gasteiger partial charge in [-0.15, -0.1) is 0 Å². The number of H-pyrrole nitrogens is 1. The highest BCUT2D eigenvalue weighted by Crippen LogP contribution is 2.35. The first kappa shape index (κ1) is 21.2. The van der Waals surface area contributed by atoms with Crippen molar-refractivity contribution in [2.45, 2.75) is 32.1 Å². The van der Waals surface area contributed by atoms with Crippen molar-refractivity contribution in [1.29, 1.82) is 0 Å². The maximum Gasteiger partial charge on any atom is 0.275 e. The third-order valence-electron chi connectivity index (χ3n) is 6.20. The fraction of sp³-hybridized carbons (Fsp3) is 0.200. The number of aromatic amines is 1. The minimum atomic E-state index is -3.85. The molecule has 0 saturated carbocycles. The zero-order chi connectivity index (χ0) is 23.3. The van der Waals surface area contributed by atoms with Crippen LogP contribution in [0.3, 0.4) is 0 Å². The number of hydrogen-bond acceptors (Lipinski definition) is 4. The lowest BCUT2D eigenvalue weighted by atomic mass is 10.1. The van der Waals surface area contributed by atoms with Gasteiger partial charge in [-0.2, -0.15) is 0 Å². The molecule has 7 nitrogen and oxygen atoms in total. The second-order valence-corrected chi connectivity index (χ2v) is 10.3. The standard InChI is InChI=1S/C25H24N4O3S/c1-16-6-10-20(11-7-16)33(31,32)28-14-12-22-23(21-5-4-13-26-24(21)28)27-29(25(22)30)19-9-8-17(2)18(3)15-19/h4-11,13,15,27H,12,14H2,1-3H3. The average molecular weight is 461 g/mol. The maximum absolute atomic E-state index is 13.5. The second-order valence-electron chi connectivity index (χ2n) is 8.39. The average Bonchev–Trinajstić information content (AvgIpc) is 3.02. The molecular formula is C25H24N4O3S. The van der Waals surface area contributed by atoms with Gasteiger partial charge < -0.3 is 0 Å². The molecule has 4 aromatic rings. The molecule has 0 radical (unpaired) electrons. The van der Waals surface area contributed by atoms with Crippen LogP contribution < -0.4 is 9.86 Å². The summed E-state index contributed by atoms with van der Waals surface area (Å²) < 4.78 is 29.9. The van der Waals surface area contributed by atoms with Crippen LogP contribution >= 0.6 is 0 Å². The Balaban J connectivity index is 1.66. The number of fused-ring (bicyclic) bond motifs is 3. The van der Waals surface area contributed by atoms with Crippen LogP contribution in [0, 0.1) is 20.8 Å². The molecule has 5 rings (SSSR count). The number of anilines is 1. The van der Waals surface area contributed by atoms with Crippen LogP contribution in [0.4, 0.5) is 5.82 Å². The lowest BCUT2D eigenvalue weighted by Gasteiger charge is -2.23. The molecule has 168 valence electrons. The number of pyridine rings is 1. The molecule has 2 aromatic carbocycles. The SMILES string of the molecule is Cc1ccc(S(=O)(=O)N2CCc3c([nH]n(-c4ccc(C)c(C)c4)c3=O)-c3cccnc32)cc1. The summed E-state index contributed by atoms with van der Waals surface area (Å²) in [5, 5.41) is 3.22. The molecule has 33 heavy (non-hydrogen) atoms. The third-order valence-corrected chi connectivity index (χ3v) is 8.01. The zero-order valence-electron chi connectivity index (χ0n) is 18.7. The predicted octanol–water partition coefficient (Wildman–Crippen LogP) is 3.90. The number of hydrogen-bond donors (Lipinski definition) is 1. The van der Waals surface area contributed by atoms with Gasteiger partial charge in [0.15, 0.2) is 5.82 Å². The molecular weight excluding hydrogens is 436 g/mol. The topological polar surface area (TPSA) is 88.1 Å². The van der Waals surface area contributed by atoms with E-state index in [2.05, 4.69) is 10.1 Å². The summed E-state index contributed by atoms with van der Waals surface area (Å²) in [5.41, 5.74) is 5.49. The Morgan fingerprint density at radius 3 is 2.45 bits per heavy atom. The van der Waals surface area contributed by atoms with Crippen molar-refractivity contribution in [3.63, 3.8) is 0 Å². The summed E-state index contributed by atoms with van der Waals surface area (Å²) in [6.07, 6.45) is 1.84. The Bertz CT molecular complexity index is 1530. The molecule has 1 aliphatic heterocycles. The maximum atomic E-state index is 13.5. The number of nitrogens with one attached hydrogen (secondary N) is 1. The van der Waals surface area contributed by atoms with E-state index >= 15 is 0 Å². The number of aryl methyl sites for hydroxylation is 3. The Hall–Kier alpha value is -3.65. The number of rotatable bonds is 3. The van der Waals surface area contributed by atoms with Gasteiger partial charge in [0.1, 0.15) is 0 Å². The lowest BCUT2D eigenvalue weighted by molar-refractivity contribution is 0.590. The van der Waals surface area contributed by atoms with E-state index in [0.29, 0.717) is 22.6 Å². The largest absolute Gasteiger partial charge is 0.290 e. The van der Waals surface area contributed by atoms with Crippen LogP contribution in [0.15, 0.2) is 70.5 Å². The first-order valence-corrected chi connectivity index (χ1v) is 12.2. The number of benzene rings is 2. The van der Waals surface area contributed by atoms with Crippen molar-refractivity contribution in [3.8, 4) is 16.9 Å². The molecule has 1 N–H and O–H groups in total. The number of sulfonamides is 1. The normalized spacial score (nSPS) is 13.4. The summed E-state index contributed by atoms with van der Waals surface area (Å²) in [4.78, 5) is 18.0. The van der Waals surface area contributed by atoms with Crippen LogP contribution in [-0.4, -0.2) is 29.7 Å². The van der Waals surface area contributed by atoms with Gasteiger partial charge >= 0.3 is 0 Å². The van der Waals surface area contributed by atoms with E-state index in [4.69, 9.17) is 0 Å². The quantitative estimate of drug-likeness (QED) is 0.502. The van der Waals surface area contributed by atoms with Crippen LogP contribution in [-0.2, 0) is 16.4 Å². The van der Waals surface area contributed by atoms with Crippen molar-refractivity contribution in [2.24, 2.45) is 0 Å². The van der Waals surface area contributed by atoms with E-state index in [-0.39, 0.29) is 23.4 Å². The predicted molar refractivity (Wildman–Crippen MR) is 129 cm³/mol. The first-order valence-electron chi connectivity index (χ1n) is 10.7. The molecule has 0 spiro atoms. The lowest BCUT2D eigenvalue weighted by Crippen LogP contribution is -2.34. The summed E-state index contributed by atoms with van der Waals surface area (Å²) in [6, 6.07) is 16.1. The van der Waals surface area contributed by atoms with E-state index in [1.165, 1.54) is 8.99 Å². The summed E-state index contributed by atoms with van der Waals surface area (Å²) in [6.45, 7) is 6.06. The van der Waals surface area contributed by atoms with Crippen LogP contribution in [0.25, 0.3) is 16.9 Å². The molecule has 3 heterocycles. The minimum Gasteiger partial charge on any atom is -0.290 e. The highest BCUT2D eigenvalue weighted by Gasteiger charge is 2.33. The van der Waals surface area contributed by atoms with Crippen molar-refractivity contribution in [1.82, 2.24) is 14.8 Å². The Morgan fingerprint density at radius 2 is 1.73 bits per heavy atom. The van der Waals surface area contributed by atoms with Crippen LogP contribution in [0.2, 0.25) is 0 Å². The molecule has 0 fully saturated rings. The molecule has 0 bridgehead atoms. The Labute approximate surface area is 192 Å². The van der Waals surface area contributed by atoms with E-state index in [9.17, 15) is 13.2 Å². The van der Waals surface area contributed by atoms with Crippen molar-refractivity contribution >= 4 is 15.8 Å². The Kier molecular flexibility index (Phi) is 4.97.